The number of aromatic nitrogens is 1. The number of nitrogens with zero attached hydrogens (tertiary/aromatic N) is 1. The highest BCUT2D eigenvalue weighted by atomic mass is 79.9. The van der Waals surface area contributed by atoms with Crippen LogP contribution >= 0.6 is 54.5 Å². The predicted octanol–water partition coefficient (Wildman–Crippen LogP) is 4.84. The molecule has 0 aliphatic carbocycles. The standard InChI is InChI=1S/C12H12Br2N2OS2/c1-5-10(18-7(3)15-5)6(2)16-12(17)8-4-9(13)19-11(8)14/h4,6H,1-3H3,(H,16,17). The highest BCUT2D eigenvalue weighted by Crippen LogP contribution is 2.32. The van der Waals surface area contributed by atoms with Gasteiger partial charge in [0.1, 0.15) is 0 Å². The first-order chi connectivity index (χ1) is 8.88. The maximum atomic E-state index is 12.2. The van der Waals surface area contributed by atoms with Crippen molar-refractivity contribution in [2.45, 2.75) is 26.8 Å². The summed E-state index contributed by atoms with van der Waals surface area (Å²) in [6, 6.07) is 1.78. The van der Waals surface area contributed by atoms with E-state index in [-0.39, 0.29) is 11.9 Å². The van der Waals surface area contributed by atoms with Gasteiger partial charge in [-0.25, -0.2) is 4.98 Å². The Balaban J connectivity index is 2.15. The molecule has 0 aliphatic heterocycles. The Bertz CT molecular complexity index is 621. The molecular weight excluding hydrogens is 412 g/mol. The Hall–Kier alpha value is -0.240. The quantitative estimate of drug-likeness (QED) is 0.767. The molecule has 0 aromatic carbocycles. The van der Waals surface area contributed by atoms with E-state index >= 15 is 0 Å². The van der Waals surface area contributed by atoms with Crippen molar-refractivity contribution in [3.8, 4) is 0 Å². The first-order valence-corrected chi connectivity index (χ1v) is 8.80. The Morgan fingerprint density at radius 3 is 2.53 bits per heavy atom. The van der Waals surface area contributed by atoms with E-state index in [0.717, 1.165) is 23.2 Å². The van der Waals surface area contributed by atoms with E-state index in [9.17, 15) is 4.79 Å². The van der Waals surface area contributed by atoms with Gasteiger partial charge in [0.2, 0.25) is 0 Å². The summed E-state index contributed by atoms with van der Waals surface area (Å²) in [5, 5.41) is 4.03. The maximum absolute atomic E-state index is 12.2. The van der Waals surface area contributed by atoms with Gasteiger partial charge in [0.15, 0.2) is 0 Å². The third-order valence-electron chi connectivity index (χ3n) is 2.58. The van der Waals surface area contributed by atoms with E-state index in [1.165, 1.54) is 11.3 Å². The van der Waals surface area contributed by atoms with Gasteiger partial charge in [0, 0.05) is 4.88 Å². The largest absolute Gasteiger partial charge is 0.345 e. The number of amides is 1. The molecule has 0 spiro atoms. The second-order valence-electron chi connectivity index (χ2n) is 4.12. The molecule has 0 radical (unpaired) electrons. The summed E-state index contributed by atoms with van der Waals surface area (Å²) in [7, 11) is 0. The van der Waals surface area contributed by atoms with Crippen molar-refractivity contribution in [2.24, 2.45) is 0 Å². The minimum atomic E-state index is -0.0771. The monoisotopic (exact) mass is 422 g/mol. The van der Waals surface area contributed by atoms with Crippen molar-refractivity contribution >= 4 is 60.4 Å². The van der Waals surface area contributed by atoms with Gasteiger partial charge >= 0.3 is 0 Å². The normalized spacial score (nSPS) is 12.5. The van der Waals surface area contributed by atoms with Crippen molar-refractivity contribution in [3.05, 3.63) is 34.8 Å². The molecule has 0 saturated heterocycles. The van der Waals surface area contributed by atoms with E-state index in [0.29, 0.717) is 5.56 Å². The molecule has 102 valence electrons. The highest BCUT2D eigenvalue weighted by molar-refractivity contribution is 9.12. The van der Waals surface area contributed by atoms with Crippen molar-refractivity contribution in [1.29, 1.82) is 0 Å². The summed E-state index contributed by atoms with van der Waals surface area (Å²) >= 11 is 9.89. The van der Waals surface area contributed by atoms with Crippen LogP contribution in [0.2, 0.25) is 0 Å². The number of halogens is 2. The van der Waals surface area contributed by atoms with Crippen LogP contribution < -0.4 is 5.32 Å². The second-order valence-corrected chi connectivity index (χ2v) is 9.10. The van der Waals surface area contributed by atoms with Gasteiger partial charge in [-0.1, -0.05) is 0 Å². The van der Waals surface area contributed by atoms with Crippen LogP contribution in [0.1, 0.15) is 38.9 Å². The Morgan fingerprint density at radius 1 is 1.37 bits per heavy atom. The number of thiazole rings is 1. The summed E-state index contributed by atoms with van der Waals surface area (Å²) in [4.78, 5) is 17.7. The smallest absolute Gasteiger partial charge is 0.253 e. The third-order valence-corrected chi connectivity index (χ3v) is 6.18. The molecule has 0 saturated carbocycles. The molecule has 3 nitrogen and oxygen atoms in total. The molecule has 1 unspecified atom stereocenters. The number of hydrogen-bond donors (Lipinski definition) is 1. The van der Waals surface area contributed by atoms with E-state index in [2.05, 4.69) is 42.2 Å². The molecule has 2 aromatic rings. The number of rotatable bonds is 3. The number of hydrogen-bond acceptors (Lipinski definition) is 4. The van der Waals surface area contributed by atoms with Gasteiger partial charge in [-0.3, -0.25) is 4.79 Å². The lowest BCUT2D eigenvalue weighted by atomic mass is 10.2. The van der Waals surface area contributed by atoms with Crippen LogP contribution in [0, 0.1) is 13.8 Å². The Morgan fingerprint density at radius 2 is 2.05 bits per heavy atom. The van der Waals surface area contributed by atoms with E-state index in [1.807, 2.05) is 26.8 Å². The predicted molar refractivity (Wildman–Crippen MR) is 87.2 cm³/mol. The summed E-state index contributed by atoms with van der Waals surface area (Å²) in [5.74, 6) is -0.0771. The number of carbonyl (C=O) groups is 1. The SMILES string of the molecule is Cc1nc(C)c(C(C)NC(=O)c2cc(Br)sc2Br)s1. The van der Waals surface area contributed by atoms with Gasteiger partial charge in [-0.2, -0.15) is 0 Å². The minimum absolute atomic E-state index is 0.0377. The molecule has 1 N–H and O–H groups in total. The van der Waals surface area contributed by atoms with Gasteiger partial charge in [-0.15, -0.1) is 22.7 Å². The molecule has 1 atom stereocenters. The molecule has 19 heavy (non-hydrogen) atoms. The fourth-order valence-corrected chi connectivity index (χ4v) is 5.51. The van der Waals surface area contributed by atoms with Crippen LogP contribution in [0.25, 0.3) is 0 Å². The van der Waals surface area contributed by atoms with Crippen LogP contribution in [0.5, 0.6) is 0 Å². The molecule has 2 heterocycles. The third kappa shape index (κ3) is 3.45. The fraction of sp³-hybridized carbons (Fsp3) is 0.333. The minimum Gasteiger partial charge on any atom is -0.345 e. The van der Waals surface area contributed by atoms with Crippen LogP contribution in [0.3, 0.4) is 0 Å². The lowest BCUT2D eigenvalue weighted by molar-refractivity contribution is 0.0940. The molecule has 1 amide bonds. The van der Waals surface area contributed by atoms with Crippen molar-refractivity contribution in [2.75, 3.05) is 0 Å². The van der Waals surface area contributed by atoms with E-state index in [1.54, 1.807) is 11.3 Å². The zero-order valence-corrected chi connectivity index (χ0v) is 15.4. The number of carbonyl (C=O) groups excluding carboxylic acids is 1. The highest BCUT2D eigenvalue weighted by Gasteiger charge is 2.19. The van der Waals surface area contributed by atoms with Crippen molar-refractivity contribution in [3.63, 3.8) is 0 Å². The van der Waals surface area contributed by atoms with Crippen LogP contribution in [0.4, 0.5) is 0 Å². The van der Waals surface area contributed by atoms with Crippen LogP contribution in [-0.4, -0.2) is 10.9 Å². The molecule has 2 rings (SSSR count). The molecule has 2 aromatic heterocycles. The average Bonchev–Trinajstić information content (AvgIpc) is 2.81. The van der Waals surface area contributed by atoms with Gasteiger partial charge < -0.3 is 5.32 Å². The zero-order valence-electron chi connectivity index (χ0n) is 10.6. The second kappa shape index (κ2) is 6.03. The fourth-order valence-electron chi connectivity index (χ4n) is 1.78. The summed E-state index contributed by atoms with van der Waals surface area (Å²) < 4.78 is 1.77. The first kappa shape index (κ1) is 15.2. The van der Waals surface area contributed by atoms with Crippen LogP contribution in [-0.2, 0) is 0 Å². The summed E-state index contributed by atoms with van der Waals surface area (Å²) in [6.07, 6.45) is 0. The number of nitrogens with one attached hydrogen (secondary N) is 1. The topological polar surface area (TPSA) is 42.0 Å². The molecule has 0 aliphatic rings. The van der Waals surface area contributed by atoms with Gasteiger partial charge in [0.25, 0.3) is 5.91 Å². The molecular formula is C12H12Br2N2OS2. The molecule has 7 heteroatoms. The molecule has 0 bridgehead atoms. The lowest BCUT2D eigenvalue weighted by Gasteiger charge is -2.12. The van der Waals surface area contributed by atoms with E-state index in [4.69, 9.17) is 0 Å². The first-order valence-electron chi connectivity index (χ1n) is 5.58. The molecule has 0 fully saturated rings. The van der Waals surface area contributed by atoms with Crippen LogP contribution in [0.15, 0.2) is 13.6 Å². The van der Waals surface area contributed by atoms with Crippen molar-refractivity contribution < 1.29 is 4.79 Å². The Labute approximate surface area is 136 Å². The van der Waals surface area contributed by atoms with Gasteiger partial charge in [0.05, 0.1) is 29.9 Å². The van der Waals surface area contributed by atoms with Gasteiger partial charge in [-0.05, 0) is 58.7 Å². The number of aryl methyl sites for hydroxylation is 2. The Kier molecular flexibility index (Phi) is 4.81. The van der Waals surface area contributed by atoms with E-state index < -0.39 is 0 Å². The zero-order chi connectivity index (χ0) is 14.2. The van der Waals surface area contributed by atoms with Crippen molar-refractivity contribution in [1.82, 2.24) is 10.3 Å². The number of thiophene rings is 1. The summed E-state index contributed by atoms with van der Waals surface area (Å²) in [6.45, 7) is 5.92. The summed E-state index contributed by atoms with van der Waals surface area (Å²) in [5.41, 5.74) is 1.64. The average molecular weight is 424 g/mol. The maximum Gasteiger partial charge on any atom is 0.253 e. The lowest BCUT2D eigenvalue weighted by Crippen LogP contribution is -2.26.